The molecule has 0 spiro atoms. The van der Waals surface area contributed by atoms with E-state index in [1.54, 1.807) is 12.1 Å². The predicted molar refractivity (Wildman–Crippen MR) is 115 cm³/mol. The van der Waals surface area contributed by atoms with Gasteiger partial charge in [-0.05, 0) is 37.1 Å². The Labute approximate surface area is 175 Å². The van der Waals surface area contributed by atoms with Gasteiger partial charge in [0, 0.05) is 30.4 Å². The third-order valence-corrected chi connectivity index (χ3v) is 5.27. The van der Waals surface area contributed by atoms with Crippen molar-refractivity contribution in [1.82, 2.24) is 9.55 Å². The van der Waals surface area contributed by atoms with Gasteiger partial charge in [0.15, 0.2) is 11.5 Å². The van der Waals surface area contributed by atoms with Gasteiger partial charge in [-0.25, -0.2) is 4.98 Å². The highest BCUT2D eigenvalue weighted by atomic mass is 16.5. The van der Waals surface area contributed by atoms with Crippen LogP contribution in [0.25, 0.3) is 11.3 Å². The first-order valence-corrected chi connectivity index (χ1v) is 9.91. The van der Waals surface area contributed by atoms with Crippen LogP contribution in [0.15, 0.2) is 42.6 Å². The van der Waals surface area contributed by atoms with Gasteiger partial charge in [-0.2, -0.15) is 0 Å². The van der Waals surface area contributed by atoms with Crippen LogP contribution >= 0.6 is 0 Å². The molecule has 156 valence electrons. The monoisotopic (exact) mass is 407 g/mol. The number of carbonyl (C=O) groups is 1. The first-order valence-electron chi connectivity index (χ1n) is 9.91. The molecule has 7 nitrogen and oxygen atoms in total. The van der Waals surface area contributed by atoms with Gasteiger partial charge in [0.05, 0.1) is 32.6 Å². The second-order valence-electron chi connectivity index (χ2n) is 7.11. The van der Waals surface area contributed by atoms with E-state index in [1.165, 1.54) is 34.2 Å². The Hall–Kier alpha value is -3.48. The molecule has 0 bridgehead atoms. The lowest BCUT2D eigenvalue weighted by Crippen LogP contribution is -2.14. The average Bonchev–Trinajstić information content (AvgIpc) is 3.22. The fourth-order valence-corrected chi connectivity index (χ4v) is 3.79. The predicted octanol–water partition coefficient (Wildman–Crippen LogP) is 4.16. The molecule has 0 fully saturated rings. The molecule has 0 saturated heterocycles. The van der Waals surface area contributed by atoms with Gasteiger partial charge in [0.1, 0.15) is 5.82 Å². The first kappa shape index (κ1) is 19.8. The van der Waals surface area contributed by atoms with Crippen LogP contribution in [0, 0.1) is 0 Å². The number of aromatic nitrogens is 2. The fraction of sp³-hybridized carbons (Fsp3) is 0.304. The van der Waals surface area contributed by atoms with Crippen molar-refractivity contribution < 1.29 is 19.0 Å². The Morgan fingerprint density at radius 1 is 1.03 bits per heavy atom. The van der Waals surface area contributed by atoms with Crippen LogP contribution in [-0.2, 0) is 13.0 Å². The topological polar surface area (TPSA) is 74.6 Å². The van der Waals surface area contributed by atoms with Crippen molar-refractivity contribution in [3.8, 4) is 28.5 Å². The number of rotatable bonds is 6. The molecule has 1 amide bonds. The Balaban J connectivity index is 1.60. The number of hydrogen-bond donors (Lipinski definition) is 1. The Kier molecular flexibility index (Phi) is 5.61. The normalized spacial score (nSPS) is 12.8. The standard InChI is InChI=1S/C23H25N3O4/c1-28-19-11-10-17(21(29-2)22(19)30-3)23(27)24-16-8-6-7-15(13-16)18-14-26-12-5-4-9-20(26)25-18/h6-8,10-11,13-14H,4-5,9,12H2,1-3H3,(H,24,27). The molecule has 0 saturated carbocycles. The van der Waals surface area contributed by atoms with Crippen LogP contribution in [0.4, 0.5) is 5.69 Å². The zero-order chi connectivity index (χ0) is 21.1. The summed E-state index contributed by atoms with van der Waals surface area (Å²) >= 11 is 0. The maximum atomic E-state index is 13.0. The second-order valence-corrected chi connectivity index (χ2v) is 7.11. The molecule has 1 aliphatic rings. The third-order valence-electron chi connectivity index (χ3n) is 5.27. The number of anilines is 1. The van der Waals surface area contributed by atoms with E-state index in [1.807, 2.05) is 24.3 Å². The lowest BCUT2D eigenvalue weighted by Gasteiger charge is -2.15. The average molecular weight is 407 g/mol. The van der Waals surface area contributed by atoms with E-state index in [2.05, 4.69) is 16.1 Å². The van der Waals surface area contributed by atoms with Crippen LogP contribution in [0.2, 0.25) is 0 Å². The number of nitrogens with zero attached hydrogens (tertiary/aromatic N) is 2. The summed E-state index contributed by atoms with van der Waals surface area (Å²) in [7, 11) is 4.54. The highest BCUT2D eigenvalue weighted by Gasteiger charge is 2.21. The van der Waals surface area contributed by atoms with Gasteiger partial charge >= 0.3 is 0 Å². The second kappa shape index (κ2) is 8.49. The third kappa shape index (κ3) is 3.70. The van der Waals surface area contributed by atoms with Gasteiger partial charge in [-0.15, -0.1) is 0 Å². The molecule has 30 heavy (non-hydrogen) atoms. The van der Waals surface area contributed by atoms with Crippen molar-refractivity contribution in [2.45, 2.75) is 25.8 Å². The molecule has 7 heteroatoms. The molecule has 3 aromatic rings. The highest BCUT2D eigenvalue weighted by Crippen LogP contribution is 2.40. The van der Waals surface area contributed by atoms with Gasteiger partial charge in [-0.3, -0.25) is 4.79 Å². The highest BCUT2D eigenvalue weighted by molar-refractivity contribution is 6.07. The SMILES string of the molecule is COc1ccc(C(=O)Nc2cccc(-c3cn4c(n3)CCCC4)c2)c(OC)c1OC. The molecular formula is C23H25N3O4. The molecule has 4 rings (SSSR count). The summed E-state index contributed by atoms with van der Waals surface area (Å²) in [5.41, 5.74) is 2.93. The Morgan fingerprint density at radius 2 is 1.87 bits per heavy atom. The lowest BCUT2D eigenvalue weighted by atomic mass is 10.1. The van der Waals surface area contributed by atoms with E-state index >= 15 is 0 Å². The zero-order valence-corrected chi connectivity index (χ0v) is 17.4. The number of nitrogens with one attached hydrogen (secondary N) is 1. The number of imidazole rings is 1. The van der Waals surface area contributed by atoms with Gasteiger partial charge in [0.25, 0.3) is 5.91 Å². The smallest absolute Gasteiger partial charge is 0.259 e. The van der Waals surface area contributed by atoms with E-state index in [4.69, 9.17) is 19.2 Å². The fourth-order valence-electron chi connectivity index (χ4n) is 3.79. The molecule has 1 N–H and O–H groups in total. The first-order chi connectivity index (χ1) is 14.6. The number of benzene rings is 2. The molecule has 2 aromatic carbocycles. The van der Waals surface area contributed by atoms with Crippen molar-refractivity contribution in [3.63, 3.8) is 0 Å². The van der Waals surface area contributed by atoms with Crippen LogP contribution < -0.4 is 19.5 Å². The number of fused-ring (bicyclic) bond motifs is 1. The van der Waals surface area contributed by atoms with E-state index in [0.29, 0.717) is 28.5 Å². The van der Waals surface area contributed by atoms with E-state index in [9.17, 15) is 4.79 Å². The van der Waals surface area contributed by atoms with Crippen LogP contribution in [-0.4, -0.2) is 36.8 Å². The molecule has 1 aliphatic heterocycles. The van der Waals surface area contributed by atoms with Gasteiger partial charge < -0.3 is 24.1 Å². The maximum absolute atomic E-state index is 13.0. The largest absolute Gasteiger partial charge is 0.493 e. The minimum Gasteiger partial charge on any atom is -0.493 e. The quantitative estimate of drug-likeness (QED) is 0.664. The summed E-state index contributed by atoms with van der Waals surface area (Å²) in [6, 6.07) is 11.0. The van der Waals surface area contributed by atoms with E-state index in [0.717, 1.165) is 30.0 Å². The van der Waals surface area contributed by atoms with Crippen molar-refractivity contribution in [3.05, 3.63) is 54.0 Å². The van der Waals surface area contributed by atoms with Gasteiger partial charge in [-0.1, -0.05) is 12.1 Å². The van der Waals surface area contributed by atoms with Crippen molar-refractivity contribution in [2.24, 2.45) is 0 Å². The Bertz CT molecular complexity index is 1050. The summed E-state index contributed by atoms with van der Waals surface area (Å²) < 4.78 is 18.3. The number of methoxy groups -OCH3 is 3. The minimum absolute atomic E-state index is 0.297. The minimum atomic E-state index is -0.297. The van der Waals surface area contributed by atoms with Crippen LogP contribution in [0.5, 0.6) is 17.2 Å². The Morgan fingerprint density at radius 3 is 2.60 bits per heavy atom. The molecule has 1 aromatic heterocycles. The lowest BCUT2D eigenvalue weighted by molar-refractivity contribution is 0.102. The number of amides is 1. The summed E-state index contributed by atoms with van der Waals surface area (Å²) in [6.07, 6.45) is 5.47. The molecule has 0 unspecified atom stereocenters. The molecule has 0 radical (unpaired) electrons. The van der Waals surface area contributed by atoms with E-state index in [-0.39, 0.29) is 5.91 Å². The summed E-state index contributed by atoms with van der Waals surface area (Å²) in [4.78, 5) is 17.7. The molecular weight excluding hydrogens is 382 g/mol. The van der Waals surface area contributed by atoms with Crippen LogP contribution in [0.3, 0.4) is 0 Å². The van der Waals surface area contributed by atoms with Crippen molar-refractivity contribution in [1.29, 1.82) is 0 Å². The molecule has 0 atom stereocenters. The van der Waals surface area contributed by atoms with Crippen molar-refractivity contribution >= 4 is 11.6 Å². The number of aryl methyl sites for hydroxylation is 2. The van der Waals surface area contributed by atoms with E-state index < -0.39 is 0 Å². The zero-order valence-electron chi connectivity index (χ0n) is 17.4. The van der Waals surface area contributed by atoms with Crippen molar-refractivity contribution in [2.75, 3.05) is 26.6 Å². The summed E-state index contributed by atoms with van der Waals surface area (Å²) in [5, 5.41) is 2.94. The summed E-state index contributed by atoms with van der Waals surface area (Å²) in [6.45, 7) is 1.01. The summed E-state index contributed by atoms with van der Waals surface area (Å²) in [5.74, 6) is 2.03. The molecule has 2 heterocycles. The number of hydrogen-bond acceptors (Lipinski definition) is 5. The van der Waals surface area contributed by atoms with Crippen LogP contribution in [0.1, 0.15) is 29.0 Å². The maximum Gasteiger partial charge on any atom is 0.259 e. The van der Waals surface area contributed by atoms with Gasteiger partial charge in [0.2, 0.25) is 5.75 Å². The number of ether oxygens (including phenoxy) is 3. The number of carbonyl (C=O) groups excluding carboxylic acids is 1. The molecule has 0 aliphatic carbocycles.